The van der Waals surface area contributed by atoms with E-state index < -0.39 is 10.0 Å². The number of nitrogens with two attached hydrogens (primary N) is 1. The van der Waals surface area contributed by atoms with E-state index in [9.17, 15) is 13.2 Å². The van der Waals surface area contributed by atoms with Gasteiger partial charge in [0.25, 0.3) is 0 Å². The molecule has 0 spiro atoms. The molecule has 16 heavy (non-hydrogen) atoms. The first-order valence-corrected chi connectivity index (χ1v) is 6.13. The first-order chi connectivity index (χ1) is 7.23. The molecule has 6 heteroatoms. The number of hydrogen-bond acceptors (Lipinski definition) is 4. The van der Waals surface area contributed by atoms with Gasteiger partial charge in [0, 0.05) is 19.7 Å². The largest absolute Gasteiger partial charge is 0.377 e. The first kappa shape index (κ1) is 12.7. The third kappa shape index (κ3) is 2.59. The number of Topliss-reactive ketones (excluding diaryl/α,β-unsaturated/α-hetero) is 1. The Bertz CT molecular complexity index is 521. The van der Waals surface area contributed by atoms with Crippen LogP contribution in [0, 0.1) is 0 Å². The molecule has 5 nitrogen and oxygen atoms in total. The summed E-state index contributed by atoms with van der Waals surface area (Å²) in [4.78, 5) is 12.7. The van der Waals surface area contributed by atoms with E-state index in [1.54, 1.807) is 31.1 Å². The second-order valence-corrected chi connectivity index (χ2v) is 5.21. The number of sulfonamides is 1. The minimum absolute atomic E-state index is 0.0369. The first-order valence-electron chi connectivity index (χ1n) is 4.58. The van der Waals surface area contributed by atoms with E-state index in [2.05, 4.69) is 0 Å². The van der Waals surface area contributed by atoms with Crippen LogP contribution in [0.15, 0.2) is 23.1 Å². The Kier molecular flexibility index (Phi) is 3.35. The summed E-state index contributed by atoms with van der Waals surface area (Å²) in [6.07, 6.45) is 0. The molecule has 0 fully saturated rings. The van der Waals surface area contributed by atoms with Gasteiger partial charge in [-0.25, -0.2) is 13.6 Å². The van der Waals surface area contributed by atoms with Crippen molar-refractivity contribution >= 4 is 21.5 Å². The molecule has 0 atom stereocenters. The number of benzene rings is 1. The van der Waals surface area contributed by atoms with Crippen molar-refractivity contribution in [1.82, 2.24) is 0 Å². The summed E-state index contributed by atoms with van der Waals surface area (Å²) >= 11 is 0. The Morgan fingerprint density at radius 3 is 2.25 bits per heavy atom. The highest BCUT2D eigenvalue weighted by molar-refractivity contribution is 7.89. The Morgan fingerprint density at radius 1 is 1.31 bits per heavy atom. The van der Waals surface area contributed by atoms with E-state index in [4.69, 9.17) is 5.14 Å². The second kappa shape index (κ2) is 4.23. The Hall–Kier alpha value is -1.40. The molecule has 0 amide bonds. The van der Waals surface area contributed by atoms with Crippen molar-refractivity contribution in [2.45, 2.75) is 11.8 Å². The Balaban J connectivity index is 3.51. The fraction of sp³-hybridized carbons (Fsp3) is 0.300. The molecule has 0 bridgehead atoms. The number of carbonyl (C=O) groups excluding carboxylic acids is 1. The van der Waals surface area contributed by atoms with Crippen LogP contribution in [0.5, 0.6) is 0 Å². The van der Waals surface area contributed by atoms with Crippen molar-refractivity contribution in [3.05, 3.63) is 23.8 Å². The molecule has 0 heterocycles. The van der Waals surface area contributed by atoms with Gasteiger partial charge in [-0.05, 0) is 25.1 Å². The average Bonchev–Trinajstić information content (AvgIpc) is 2.15. The normalized spacial score (nSPS) is 11.2. The number of hydrogen-bond donors (Lipinski definition) is 1. The number of primary sulfonamides is 1. The van der Waals surface area contributed by atoms with Crippen molar-refractivity contribution in [2.75, 3.05) is 19.0 Å². The van der Waals surface area contributed by atoms with Crippen molar-refractivity contribution < 1.29 is 13.2 Å². The lowest BCUT2D eigenvalue weighted by atomic mass is 10.1. The summed E-state index contributed by atoms with van der Waals surface area (Å²) in [7, 11) is -0.417. The van der Waals surface area contributed by atoms with Crippen molar-refractivity contribution in [3.63, 3.8) is 0 Å². The van der Waals surface area contributed by atoms with Crippen LogP contribution in [0.1, 0.15) is 17.3 Å². The summed E-state index contributed by atoms with van der Waals surface area (Å²) in [6, 6.07) is 4.44. The fourth-order valence-electron chi connectivity index (χ4n) is 1.33. The van der Waals surface area contributed by atoms with Gasteiger partial charge >= 0.3 is 0 Å². The maximum Gasteiger partial charge on any atom is 0.240 e. The van der Waals surface area contributed by atoms with Crippen LogP contribution in [0.25, 0.3) is 0 Å². The molecule has 2 N–H and O–H groups in total. The Morgan fingerprint density at radius 2 is 1.88 bits per heavy atom. The summed E-state index contributed by atoms with van der Waals surface area (Å²) in [6.45, 7) is 1.37. The van der Waals surface area contributed by atoms with Gasteiger partial charge in [-0.1, -0.05) is 0 Å². The van der Waals surface area contributed by atoms with Crippen LogP contribution < -0.4 is 10.0 Å². The monoisotopic (exact) mass is 242 g/mol. The molecule has 1 aromatic rings. The molecule has 0 aliphatic heterocycles. The molecule has 1 rings (SSSR count). The predicted molar refractivity (Wildman–Crippen MR) is 62.1 cm³/mol. The van der Waals surface area contributed by atoms with Crippen LogP contribution >= 0.6 is 0 Å². The lowest BCUT2D eigenvalue weighted by Gasteiger charge is -2.16. The SMILES string of the molecule is CC(=O)c1ccc(N(C)C)c(S(N)(=O)=O)c1. The molecule has 0 saturated carbocycles. The van der Waals surface area contributed by atoms with E-state index in [0.29, 0.717) is 11.3 Å². The van der Waals surface area contributed by atoms with Crippen LogP contribution in [-0.2, 0) is 10.0 Å². The molecule has 0 saturated heterocycles. The predicted octanol–water partition coefficient (Wildman–Crippen LogP) is 0.603. The highest BCUT2D eigenvalue weighted by atomic mass is 32.2. The quantitative estimate of drug-likeness (QED) is 0.787. The summed E-state index contributed by atoms with van der Waals surface area (Å²) < 4.78 is 22.7. The van der Waals surface area contributed by atoms with Crippen LogP contribution in [0.4, 0.5) is 5.69 Å². The third-order valence-electron chi connectivity index (χ3n) is 2.15. The topological polar surface area (TPSA) is 80.5 Å². The minimum Gasteiger partial charge on any atom is -0.377 e. The van der Waals surface area contributed by atoms with Crippen molar-refractivity contribution in [2.24, 2.45) is 5.14 Å². The number of carbonyl (C=O) groups is 1. The van der Waals surface area contributed by atoms with Crippen molar-refractivity contribution in [3.8, 4) is 0 Å². The highest BCUT2D eigenvalue weighted by Crippen LogP contribution is 2.24. The van der Waals surface area contributed by atoms with E-state index in [-0.39, 0.29) is 10.7 Å². The molecule has 0 aliphatic rings. The van der Waals surface area contributed by atoms with Gasteiger partial charge in [-0.2, -0.15) is 0 Å². The lowest BCUT2D eigenvalue weighted by molar-refractivity contribution is 0.101. The number of rotatable bonds is 3. The van der Waals surface area contributed by atoms with E-state index in [1.807, 2.05) is 0 Å². The van der Waals surface area contributed by atoms with Gasteiger partial charge in [0.1, 0.15) is 4.90 Å². The maximum atomic E-state index is 11.4. The van der Waals surface area contributed by atoms with Gasteiger partial charge < -0.3 is 4.90 Å². The third-order valence-corrected chi connectivity index (χ3v) is 3.09. The minimum atomic E-state index is -3.83. The zero-order valence-electron chi connectivity index (χ0n) is 9.39. The van der Waals surface area contributed by atoms with Gasteiger partial charge in [0.15, 0.2) is 5.78 Å². The molecule has 0 unspecified atom stereocenters. The van der Waals surface area contributed by atoms with E-state index in [0.717, 1.165) is 0 Å². The molecule has 0 aliphatic carbocycles. The zero-order chi connectivity index (χ0) is 12.5. The zero-order valence-corrected chi connectivity index (χ0v) is 10.2. The fourth-order valence-corrected chi connectivity index (χ4v) is 2.16. The van der Waals surface area contributed by atoms with Crippen LogP contribution in [-0.4, -0.2) is 28.3 Å². The Labute approximate surface area is 94.9 Å². The second-order valence-electron chi connectivity index (χ2n) is 3.68. The number of ketones is 1. The van der Waals surface area contributed by atoms with E-state index >= 15 is 0 Å². The van der Waals surface area contributed by atoms with Gasteiger partial charge in [-0.15, -0.1) is 0 Å². The maximum absolute atomic E-state index is 11.4. The molecule has 1 aromatic carbocycles. The summed E-state index contributed by atoms with van der Waals surface area (Å²) in [5.74, 6) is -0.199. The molecular weight excluding hydrogens is 228 g/mol. The van der Waals surface area contributed by atoms with Crippen LogP contribution in [0.3, 0.4) is 0 Å². The molecular formula is C10H14N2O3S. The molecule has 0 aromatic heterocycles. The van der Waals surface area contributed by atoms with Crippen molar-refractivity contribution in [1.29, 1.82) is 0 Å². The highest BCUT2D eigenvalue weighted by Gasteiger charge is 2.17. The van der Waals surface area contributed by atoms with E-state index in [1.165, 1.54) is 13.0 Å². The van der Waals surface area contributed by atoms with Gasteiger partial charge in [-0.3, -0.25) is 4.79 Å². The lowest BCUT2D eigenvalue weighted by Crippen LogP contribution is -2.19. The van der Waals surface area contributed by atoms with Gasteiger partial charge in [0.2, 0.25) is 10.0 Å². The standard InChI is InChI=1S/C10H14N2O3S/c1-7(13)8-4-5-9(12(2)3)10(6-8)16(11,14)15/h4-6H,1-3H3,(H2,11,14,15). The van der Waals surface area contributed by atoms with Crippen LogP contribution in [0.2, 0.25) is 0 Å². The summed E-state index contributed by atoms with van der Waals surface area (Å²) in [5, 5.41) is 5.10. The molecule has 0 radical (unpaired) electrons. The smallest absolute Gasteiger partial charge is 0.240 e. The average molecular weight is 242 g/mol. The van der Waals surface area contributed by atoms with Gasteiger partial charge in [0.05, 0.1) is 5.69 Å². The summed E-state index contributed by atoms with van der Waals surface area (Å²) in [5.41, 5.74) is 0.794. The molecule has 88 valence electrons. The number of anilines is 1. The number of nitrogens with zero attached hydrogens (tertiary/aromatic N) is 1.